The van der Waals surface area contributed by atoms with Gasteiger partial charge in [-0.05, 0) is 31.0 Å². The number of hydrogen-bond acceptors (Lipinski definition) is 5. The van der Waals surface area contributed by atoms with Gasteiger partial charge in [-0.15, -0.1) is 10.2 Å². The highest BCUT2D eigenvalue weighted by Gasteiger charge is 2.48. The monoisotopic (exact) mass is 348 g/mol. The van der Waals surface area contributed by atoms with Gasteiger partial charge in [0, 0.05) is 24.9 Å². The highest BCUT2D eigenvalue weighted by molar-refractivity contribution is 6.30. The molecule has 1 atom stereocenters. The smallest absolute Gasteiger partial charge is 0.325 e. The molecule has 8 heteroatoms. The molecule has 1 unspecified atom stereocenters. The average Bonchev–Trinajstić information content (AvgIpc) is 3.04. The molecule has 1 saturated heterocycles. The minimum Gasteiger partial charge on any atom is -0.426 e. The number of benzene rings is 1. The summed E-state index contributed by atoms with van der Waals surface area (Å²) in [6.07, 6.45) is 1.05. The van der Waals surface area contributed by atoms with Crippen LogP contribution in [-0.2, 0) is 16.8 Å². The van der Waals surface area contributed by atoms with Gasteiger partial charge >= 0.3 is 6.03 Å². The molecule has 0 saturated carbocycles. The number of amides is 3. The van der Waals surface area contributed by atoms with E-state index < -0.39 is 11.6 Å². The van der Waals surface area contributed by atoms with Crippen molar-refractivity contribution in [2.75, 3.05) is 6.54 Å². The summed E-state index contributed by atoms with van der Waals surface area (Å²) in [5, 5.41) is 10.9. The van der Waals surface area contributed by atoms with E-state index in [0.717, 1.165) is 0 Å². The molecule has 0 radical (unpaired) electrons. The number of halogens is 1. The van der Waals surface area contributed by atoms with E-state index in [0.29, 0.717) is 35.2 Å². The molecule has 7 nitrogen and oxygen atoms in total. The molecule has 1 N–H and O–H groups in total. The van der Waals surface area contributed by atoms with Gasteiger partial charge in [0.15, 0.2) is 0 Å². The van der Waals surface area contributed by atoms with Crippen LogP contribution in [0.15, 0.2) is 28.7 Å². The van der Waals surface area contributed by atoms with E-state index in [2.05, 4.69) is 15.5 Å². The molecule has 3 amide bonds. The number of urea groups is 1. The van der Waals surface area contributed by atoms with Crippen LogP contribution in [0, 0.1) is 6.92 Å². The minimum atomic E-state index is -1.11. The van der Waals surface area contributed by atoms with Crippen molar-refractivity contribution in [1.82, 2.24) is 20.4 Å². The van der Waals surface area contributed by atoms with Gasteiger partial charge in [0.05, 0.1) is 0 Å². The summed E-state index contributed by atoms with van der Waals surface area (Å²) in [5.74, 6) is 0.696. The predicted octanol–water partition coefficient (Wildman–Crippen LogP) is 2.43. The molecule has 126 valence electrons. The number of nitrogens with one attached hydrogen (secondary N) is 1. The molecule has 2 aromatic rings. The van der Waals surface area contributed by atoms with E-state index in [1.165, 1.54) is 4.90 Å². The Morgan fingerprint density at radius 3 is 2.79 bits per heavy atom. The maximum atomic E-state index is 12.7. The van der Waals surface area contributed by atoms with Crippen LogP contribution in [0.5, 0.6) is 0 Å². The minimum absolute atomic E-state index is 0.280. The fraction of sp³-hybridized carbons (Fsp3) is 0.375. The highest BCUT2D eigenvalue weighted by Crippen LogP contribution is 2.30. The number of aryl methyl sites for hydroxylation is 2. The van der Waals surface area contributed by atoms with Gasteiger partial charge in [-0.3, -0.25) is 9.69 Å². The Balaban J connectivity index is 1.69. The van der Waals surface area contributed by atoms with Crippen molar-refractivity contribution < 1.29 is 14.0 Å². The van der Waals surface area contributed by atoms with E-state index in [1.807, 2.05) is 0 Å². The number of nitrogens with zero attached hydrogens (tertiary/aromatic N) is 3. The van der Waals surface area contributed by atoms with Gasteiger partial charge in [-0.1, -0.05) is 23.7 Å². The Morgan fingerprint density at radius 2 is 2.12 bits per heavy atom. The van der Waals surface area contributed by atoms with Crippen molar-refractivity contribution in [3.8, 4) is 0 Å². The molecule has 1 aliphatic heterocycles. The van der Waals surface area contributed by atoms with E-state index in [1.54, 1.807) is 38.1 Å². The summed E-state index contributed by atoms with van der Waals surface area (Å²) < 4.78 is 5.28. The van der Waals surface area contributed by atoms with Gasteiger partial charge in [0.2, 0.25) is 11.8 Å². The van der Waals surface area contributed by atoms with E-state index in [9.17, 15) is 9.59 Å². The number of aromatic nitrogens is 2. The fourth-order valence-corrected chi connectivity index (χ4v) is 2.91. The molecule has 1 aromatic carbocycles. The van der Waals surface area contributed by atoms with Crippen molar-refractivity contribution in [1.29, 1.82) is 0 Å². The third kappa shape index (κ3) is 2.99. The van der Waals surface area contributed by atoms with Crippen LogP contribution in [0.25, 0.3) is 0 Å². The highest BCUT2D eigenvalue weighted by atomic mass is 35.5. The predicted molar refractivity (Wildman–Crippen MR) is 86.4 cm³/mol. The molecule has 0 spiro atoms. The van der Waals surface area contributed by atoms with Gasteiger partial charge < -0.3 is 9.73 Å². The van der Waals surface area contributed by atoms with Crippen LogP contribution in [0.1, 0.15) is 30.7 Å². The Bertz CT molecular complexity index is 791. The maximum absolute atomic E-state index is 12.7. The number of imide groups is 1. The lowest BCUT2D eigenvalue weighted by atomic mass is 9.92. The fourth-order valence-electron chi connectivity index (χ4n) is 2.72. The van der Waals surface area contributed by atoms with Crippen molar-refractivity contribution in [3.63, 3.8) is 0 Å². The largest absolute Gasteiger partial charge is 0.426 e. The third-order valence-electron chi connectivity index (χ3n) is 4.02. The first-order valence-corrected chi connectivity index (χ1v) is 7.97. The van der Waals surface area contributed by atoms with Crippen LogP contribution < -0.4 is 5.32 Å². The first kappa shape index (κ1) is 16.4. The molecule has 1 fully saturated rings. The molecule has 2 heterocycles. The molecule has 1 aliphatic rings. The normalized spacial score (nSPS) is 20.5. The van der Waals surface area contributed by atoms with Crippen molar-refractivity contribution in [3.05, 3.63) is 46.6 Å². The lowest BCUT2D eigenvalue weighted by Gasteiger charge is -2.22. The van der Waals surface area contributed by atoms with E-state index in [-0.39, 0.29) is 12.5 Å². The lowest BCUT2D eigenvalue weighted by molar-refractivity contribution is -0.131. The van der Waals surface area contributed by atoms with Gasteiger partial charge in [-0.2, -0.15) is 0 Å². The number of carbonyl (C=O) groups is 2. The lowest BCUT2D eigenvalue weighted by Crippen LogP contribution is -2.41. The Hall–Kier alpha value is -2.41. The molecule has 3 rings (SSSR count). The van der Waals surface area contributed by atoms with Crippen molar-refractivity contribution in [2.24, 2.45) is 0 Å². The van der Waals surface area contributed by atoms with Crippen LogP contribution in [-0.4, -0.2) is 33.6 Å². The molecule has 1 aromatic heterocycles. The summed E-state index contributed by atoms with van der Waals surface area (Å²) in [6.45, 7) is 3.67. The van der Waals surface area contributed by atoms with Gasteiger partial charge in [0.25, 0.3) is 5.91 Å². The van der Waals surface area contributed by atoms with Gasteiger partial charge in [-0.25, -0.2) is 4.79 Å². The summed E-state index contributed by atoms with van der Waals surface area (Å²) >= 11 is 6.00. The zero-order valence-corrected chi connectivity index (χ0v) is 14.1. The average molecular weight is 349 g/mol. The summed E-state index contributed by atoms with van der Waals surface area (Å²) in [7, 11) is 0. The SMILES string of the molecule is Cc1nnc(CCCN2C(=O)NC(C)(c3cccc(Cl)c3)C2=O)o1. The molecule has 0 bridgehead atoms. The first-order valence-electron chi connectivity index (χ1n) is 7.59. The van der Waals surface area contributed by atoms with Crippen molar-refractivity contribution >= 4 is 23.5 Å². The second-order valence-corrected chi connectivity index (χ2v) is 6.28. The molecular formula is C16H17ClN4O3. The topological polar surface area (TPSA) is 88.3 Å². The molecule has 0 aliphatic carbocycles. The van der Waals surface area contributed by atoms with Crippen LogP contribution in [0.4, 0.5) is 4.79 Å². The maximum Gasteiger partial charge on any atom is 0.325 e. The molecular weight excluding hydrogens is 332 g/mol. The quantitative estimate of drug-likeness (QED) is 0.838. The number of carbonyl (C=O) groups excluding carboxylic acids is 2. The van der Waals surface area contributed by atoms with Crippen LogP contribution >= 0.6 is 11.6 Å². The Kier molecular flexibility index (Phi) is 4.28. The second kappa shape index (κ2) is 6.24. The zero-order chi connectivity index (χ0) is 17.3. The Labute approximate surface area is 144 Å². The van der Waals surface area contributed by atoms with Crippen LogP contribution in [0.2, 0.25) is 5.02 Å². The van der Waals surface area contributed by atoms with Crippen molar-refractivity contribution in [2.45, 2.75) is 32.2 Å². The molecule has 24 heavy (non-hydrogen) atoms. The zero-order valence-electron chi connectivity index (χ0n) is 13.4. The second-order valence-electron chi connectivity index (χ2n) is 5.84. The van der Waals surface area contributed by atoms with Gasteiger partial charge in [0.1, 0.15) is 5.54 Å². The third-order valence-corrected chi connectivity index (χ3v) is 4.25. The summed E-state index contributed by atoms with van der Waals surface area (Å²) in [6, 6.07) is 6.52. The first-order chi connectivity index (χ1) is 11.4. The van der Waals surface area contributed by atoms with E-state index >= 15 is 0 Å². The number of hydrogen-bond donors (Lipinski definition) is 1. The van der Waals surface area contributed by atoms with E-state index in [4.69, 9.17) is 16.0 Å². The standard InChI is InChI=1S/C16H17ClN4O3/c1-10-19-20-13(24-10)7-4-8-21-14(22)16(2,18-15(21)23)11-5-3-6-12(17)9-11/h3,5-6,9H,4,7-8H2,1-2H3,(H,18,23). The van der Waals surface area contributed by atoms with Crippen LogP contribution in [0.3, 0.4) is 0 Å². The number of rotatable bonds is 5. The summed E-state index contributed by atoms with van der Waals surface area (Å²) in [5.41, 5.74) is -0.452. The Morgan fingerprint density at radius 1 is 1.33 bits per heavy atom. The summed E-state index contributed by atoms with van der Waals surface area (Å²) in [4.78, 5) is 26.2.